The van der Waals surface area contributed by atoms with Gasteiger partial charge in [-0.15, -0.1) is 0 Å². The molecule has 0 aromatic carbocycles. The maximum atomic E-state index is 5.50. The molecular formula is C10H24ClNO. The van der Waals surface area contributed by atoms with E-state index in [2.05, 4.69) is 28.1 Å². The predicted octanol–water partition coefficient (Wildman–Crippen LogP) is -1.10. The summed E-state index contributed by atoms with van der Waals surface area (Å²) in [7, 11) is 6.57. The fourth-order valence-electron chi connectivity index (χ4n) is 0.895. The van der Waals surface area contributed by atoms with Crippen LogP contribution in [-0.2, 0) is 4.74 Å². The zero-order valence-electron chi connectivity index (χ0n) is 9.48. The Morgan fingerprint density at radius 3 is 2.08 bits per heavy atom. The van der Waals surface area contributed by atoms with Crippen LogP contribution in [0.1, 0.15) is 26.2 Å². The summed E-state index contributed by atoms with van der Waals surface area (Å²) in [5.41, 5.74) is 0. The van der Waals surface area contributed by atoms with E-state index in [0.29, 0.717) is 0 Å². The Morgan fingerprint density at radius 2 is 1.62 bits per heavy atom. The molecule has 0 aliphatic heterocycles. The van der Waals surface area contributed by atoms with Gasteiger partial charge < -0.3 is 21.6 Å². The maximum absolute atomic E-state index is 5.50. The minimum atomic E-state index is 0. The lowest BCUT2D eigenvalue weighted by Crippen LogP contribution is -3.00. The third-order valence-electron chi connectivity index (χ3n) is 1.80. The molecular weight excluding hydrogens is 186 g/mol. The lowest BCUT2D eigenvalue weighted by Gasteiger charge is -2.23. The number of unbranched alkanes of at least 4 members (excludes halogenated alkanes) is 2. The first-order chi connectivity index (χ1) is 5.56. The third kappa shape index (κ3) is 15.0. The standard InChI is InChI=1S/C10H24NO.ClH/c1-5-6-7-9-12-10-8-11(2,3)4;/h5-10H2,1-4H3;1H/q+1;/p-1. The molecule has 0 aliphatic rings. The summed E-state index contributed by atoms with van der Waals surface area (Å²) in [4.78, 5) is 0. The summed E-state index contributed by atoms with van der Waals surface area (Å²) in [5.74, 6) is 0. The molecule has 0 fully saturated rings. The van der Waals surface area contributed by atoms with Crippen molar-refractivity contribution in [3.05, 3.63) is 0 Å². The van der Waals surface area contributed by atoms with Crippen molar-refractivity contribution in [1.29, 1.82) is 0 Å². The molecule has 0 spiro atoms. The first-order valence-electron chi connectivity index (χ1n) is 4.94. The van der Waals surface area contributed by atoms with Gasteiger partial charge in [-0.05, 0) is 6.42 Å². The largest absolute Gasteiger partial charge is 1.00 e. The Bertz CT molecular complexity index is 102. The minimum absolute atomic E-state index is 0. The summed E-state index contributed by atoms with van der Waals surface area (Å²) in [6.07, 6.45) is 3.79. The number of quaternary nitrogens is 1. The van der Waals surface area contributed by atoms with Gasteiger partial charge in [-0.2, -0.15) is 0 Å². The van der Waals surface area contributed by atoms with Crippen LogP contribution in [0.15, 0.2) is 0 Å². The monoisotopic (exact) mass is 209 g/mol. The number of nitrogens with zero attached hydrogens (tertiary/aromatic N) is 1. The molecule has 0 aliphatic carbocycles. The van der Waals surface area contributed by atoms with Gasteiger partial charge in [-0.25, -0.2) is 0 Å². The molecule has 0 amide bonds. The number of hydrogen-bond acceptors (Lipinski definition) is 1. The van der Waals surface area contributed by atoms with E-state index in [4.69, 9.17) is 4.74 Å². The van der Waals surface area contributed by atoms with E-state index >= 15 is 0 Å². The van der Waals surface area contributed by atoms with E-state index in [1.807, 2.05) is 0 Å². The Morgan fingerprint density at radius 1 is 1.00 bits per heavy atom. The highest BCUT2D eigenvalue weighted by molar-refractivity contribution is 4.36. The summed E-state index contributed by atoms with van der Waals surface area (Å²) < 4.78 is 6.49. The number of likely N-dealkylation sites (N-methyl/N-ethyl adjacent to an activating group) is 1. The number of hydrogen-bond donors (Lipinski definition) is 0. The smallest absolute Gasteiger partial charge is 0.102 e. The Labute approximate surface area is 89.3 Å². The van der Waals surface area contributed by atoms with E-state index in [0.717, 1.165) is 24.2 Å². The van der Waals surface area contributed by atoms with Crippen molar-refractivity contribution in [2.24, 2.45) is 0 Å². The lowest BCUT2D eigenvalue weighted by molar-refractivity contribution is -0.870. The van der Waals surface area contributed by atoms with Crippen LogP contribution < -0.4 is 12.4 Å². The van der Waals surface area contributed by atoms with Crippen LogP contribution in [0.25, 0.3) is 0 Å². The van der Waals surface area contributed by atoms with Crippen LogP contribution in [0.4, 0.5) is 0 Å². The molecule has 0 aromatic rings. The van der Waals surface area contributed by atoms with Crippen LogP contribution >= 0.6 is 0 Å². The molecule has 0 radical (unpaired) electrons. The summed E-state index contributed by atoms with van der Waals surface area (Å²) in [6.45, 7) is 5.15. The van der Waals surface area contributed by atoms with Gasteiger partial charge in [0.1, 0.15) is 6.54 Å². The number of halogens is 1. The Kier molecular flexibility index (Phi) is 10.6. The normalized spacial score (nSPS) is 11.1. The van der Waals surface area contributed by atoms with Crippen LogP contribution in [0.2, 0.25) is 0 Å². The van der Waals surface area contributed by atoms with E-state index in [-0.39, 0.29) is 12.4 Å². The molecule has 0 saturated carbocycles. The first-order valence-corrected chi connectivity index (χ1v) is 4.94. The lowest BCUT2D eigenvalue weighted by atomic mass is 10.3. The molecule has 0 rings (SSSR count). The highest BCUT2D eigenvalue weighted by Crippen LogP contribution is 1.95. The highest BCUT2D eigenvalue weighted by atomic mass is 35.5. The second-order valence-electron chi connectivity index (χ2n) is 4.33. The van der Waals surface area contributed by atoms with Crippen LogP contribution in [0, 0.1) is 0 Å². The molecule has 0 saturated heterocycles. The van der Waals surface area contributed by atoms with E-state index < -0.39 is 0 Å². The molecule has 0 N–H and O–H groups in total. The van der Waals surface area contributed by atoms with Gasteiger partial charge in [-0.3, -0.25) is 0 Å². The number of ether oxygens (including phenoxy) is 1. The summed E-state index contributed by atoms with van der Waals surface area (Å²) in [5, 5.41) is 0. The van der Waals surface area contributed by atoms with Gasteiger partial charge in [0, 0.05) is 6.61 Å². The molecule has 3 heteroatoms. The molecule has 0 heterocycles. The topological polar surface area (TPSA) is 9.23 Å². The van der Waals surface area contributed by atoms with Gasteiger partial charge in [0.15, 0.2) is 0 Å². The molecule has 0 bridgehead atoms. The maximum Gasteiger partial charge on any atom is 0.102 e. The Hall–Kier alpha value is 0.210. The van der Waals surface area contributed by atoms with Crippen LogP contribution in [0.5, 0.6) is 0 Å². The van der Waals surface area contributed by atoms with Crippen molar-refractivity contribution in [2.75, 3.05) is 40.9 Å². The van der Waals surface area contributed by atoms with Crippen molar-refractivity contribution in [3.8, 4) is 0 Å². The van der Waals surface area contributed by atoms with Crippen molar-refractivity contribution in [2.45, 2.75) is 26.2 Å². The molecule has 0 unspecified atom stereocenters. The molecule has 13 heavy (non-hydrogen) atoms. The van der Waals surface area contributed by atoms with Crippen LogP contribution in [0.3, 0.4) is 0 Å². The van der Waals surface area contributed by atoms with Crippen molar-refractivity contribution in [1.82, 2.24) is 0 Å². The van der Waals surface area contributed by atoms with Gasteiger partial charge in [-0.1, -0.05) is 19.8 Å². The van der Waals surface area contributed by atoms with Gasteiger partial charge in [0.05, 0.1) is 27.7 Å². The van der Waals surface area contributed by atoms with Crippen molar-refractivity contribution in [3.63, 3.8) is 0 Å². The minimum Gasteiger partial charge on any atom is -1.00 e. The second-order valence-corrected chi connectivity index (χ2v) is 4.33. The zero-order chi connectivity index (χ0) is 9.45. The highest BCUT2D eigenvalue weighted by Gasteiger charge is 2.04. The zero-order valence-corrected chi connectivity index (χ0v) is 10.2. The Balaban J connectivity index is 0. The van der Waals surface area contributed by atoms with E-state index in [1.54, 1.807) is 0 Å². The molecule has 82 valence electrons. The van der Waals surface area contributed by atoms with Gasteiger partial charge in [0.2, 0.25) is 0 Å². The molecule has 0 aromatic heterocycles. The van der Waals surface area contributed by atoms with Crippen LogP contribution in [-0.4, -0.2) is 45.4 Å². The second kappa shape index (κ2) is 8.79. The summed E-state index contributed by atoms with van der Waals surface area (Å²) >= 11 is 0. The van der Waals surface area contributed by atoms with Gasteiger partial charge >= 0.3 is 0 Å². The number of rotatable bonds is 7. The molecule has 0 atom stereocenters. The van der Waals surface area contributed by atoms with Gasteiger partial charge in [0.25, 0.3) is 0 Å². The molecule has 2 nitrogen and oxygen atoms in total. The van der Waals surface area contributed by atoms with Crippen molar-refractivity contribution >= 4 is 0 Å². The van der Waals surface area contributed by atoms with E-state index in [1.165, 1.54) is 19.3 Å². The third-order valence-corrected chi connectivity index (χ3v) is 1.80. The average Bonchev–Trinajstić information content (AvgIpc) is 1.94. The van der Waals surface area contributed by atoms with E-state index in [9.17, 15) is 0 Å². The summed E-state index contributed by atoms with van der Waals surface area (Å²) in [6, 6.07) is 0. The first kappa shape index (κ1) is 15.7. The fourth-order valence-corrected chi connectivity index (χ4v) is 0.895. The predicted molar refractivity (Wildman–Crippen MR) is 53.2 cm³/mol. The fraction of sp³-hybridized carbons (Fsp3) is 1.00. The van der Waals surface area contributed by atoms with Crippen molar-refractivity contribution < 1.29 is 21.6 Å². The average molecular weight is 210 g/mol. The quantitative estimate of drug-likeness (QED) is 0.382. The SMILES string of the molecule is CCCCCOCC[N+](C)(C)C.[Cl-].